The Balaban J connectivity index is 1.65. The van der Waals surface area contributed by atoms with Gasteiger partial charge in [-0.2, -0.15) is 0 Å². The van der Waals surface area contributed by atoms with Gasteiger partial charge in [0, 0.05) is 24.8 Å². The number of benzene rings is 1. The lowest BCUT2D eigenvalue weighted by Crippen LogP contribution is -2.31. The summed E-state index contributed by atoms with van der Waals surface area (Å²) in [5, 5.41) is 2.73. The minimum absolute atomic E-state index is 0.141. The molecule has 0 bridgehead atoms. The van der Waals surface area contributed by atoms with Gasteiger partial charge in [0.05, 0.1) is 23.6 Å². The molecule has 0 aliphatic carbocycles. The van der Waals surface area contributed by atoms with Gasteiger partial charge in [-0.1, -0.05) is 12.1 Å². The van der Waals surface area contributed by atoms with Crippen molar-refractivity contribution >= 4 is 16.9 Å². The molecule has 3 aromatic rings. The zero-order valence-corrected chi connectivity index (χ0v) is 12.6. The molecule has 0 radical (unpaired) electrons. The number of amides is 1. The minimum atomic E-state index is -0.323. The Morgan fingerprint density at radius 1 is 1.22 bits per heavy atom. The Kier molecular flexibility index (Phi) is 4.09. The lowest BCUT2D eigenvalue weighted by atomic mass is 10.3. The lowest BCUT2D eigenvalue weighted by Gasteiger charge is -2.07. The van der Waals surface area contributed by atoms with E-state index in [0.29, 0.717) is 24.3 Å². The van der Waals surface area contributed by atoms with E-state index in [1.807, 2.05) is 18.2 Å². The van der Waals surface area contributed by atoms with Gasteiger partial charge >= 0.3 is 0 Å². The zero-order valence-electron chi connectivity index (χ0n) is 12.6. The van der Waals surface area contributed by atoms with Crippen molar-refractivity contribution in [2.75, 3.05) is 6.54 Å². The fourth-order valence-electron chi connectivity index (χ4n) is 2.13. The van der Waals surface area contributed by atoms with Gasteiger partial charge in [0.2, 0.25) is 0 Å². The average Bonchev–Trinajstić information content (AvgIpc) is 2.56. The molecule has 2 aromatic heterocycles. The molecule has 0 fully saturated rings. The van der Waals surface area contributed by atoms with E-state index < -0.39 is 0 Å². The molecule has 7 nitrogen and oxygen atoms in total. The van der Waals surface area contributed by atoms with Crippen LogP contribution in [-0.4, -0.2) is 32.0 Å². The highest BCUT2D eigenvalue weighted by Crippen LogP contribution is 2.08. The molecule has 0 aliphatic heterocycles. The Bertz CT molecular complexity index is 919. The van der Waals surface area contributed by atoms with Crippen LogP contribution in [0.25, 0.3) is 11.0 Å². The SMILES string of the molecule is Cc1cc(=O)n(CCNC(=O)c2cnc3ccccc3n2)cn1. The number of nitrogens with zero attached hydrogens (tertiary/aromatic N) is 4. The fourth-order valence-corrected chi connectivity index (χ4v) is 2.13. The highest BCUT2D eigenvalue weighted by Gasteiger charge is 2.08. The smallest absolute Gasteiger partial charge is 0.271 e. The summed E-state index contributed by atoms with van der Waals surface area (Å²) in [6.45, 7) is 2.41. The zero-order chi connectivity index (χ0) is 16.2. The third-order valence-corrected chi connectivity index (χ3v) is 3.34. The Morgan fingerprint density at radius 2 is 2.00 bits per heavy atom. The van der Waals surface area contributed by atoms with Crippen LogP contribution in [0, 0.1) is 6.92 Å². The molecule has 0 saturated heterocycles. The van der Waals surface area contributed by atoms with Crippen molar-refractivity contribution in [3.8, 4) is 0 Å². The van der Waals surface area contributed by atoms with Crippen LogP contribution in [0.1, 0.15) is 16.2 Å². The Morgan fingerprint density at radius 3 is 2.78 bits per heavy atom. The number of hydrogen-bond donors (Lipinski definition) is 1. The van der Waals surface area contributed by atoms with E-state index >= 15 is 0 Å². The summed E-state index contributed by atoms with van der Waals surface area (Å²) < 4.78 is 1.44. The van der Waals surface area contributed by atoms with E-state index in [4.69, 9.17) is 0 Å². The second kappa shape index (κ2) is 6.35. The van der Waals surface area contributed by atoms with Gasteiger partial charge in [0.25, 0.3) is 11.5 Å². The predicted octanol–water partition coefficient (Wildman–Crippen LogP) is 0.925. The molecule has 0 unspecified atom stereocenters. The lowest BCUT2D eigenvalue weighted by molar-refractivity contribution is 0.0947. The number of fused-ring (bicyclic) bond motifs is 1. The van der Waals surface area contributed by atoms with Crippen molar-refractivity contribution < 1.29 is 4.79 Å². The number of carbonyl (C=O) groups excluding carboxylic acids is 1. The van der Waals surface area contributed by atoms with Gasteiger partial charge in [0.1, 0.15) is 5.69 Å². The minimum Gasteiger partial charge on any atom is -0.349 e. The number of aromatic nitrogens is 4. The topological polar surface area (TPSA) is 89.8 Å². The van der Waals surface area contributed by atoms with Gasteiger partial charge in [-0.25, -0.2) is 9.97 Å². The van der Waals surface area contributed by atoms with E-state index in [9.17, 15) is 9.59 Å². The molecule has 0 spiro atoms. The van der Waals surface area contributed by atoms with Gasteiger partial charge in [-0.15, -0.1) is 0 Å². The summed E-state index contributed by atoms with van der Waals surface area (Å²) in [6, 6.07) is 8.80. The molecule has 7 heteroatoms. The van der Waals surface area contributed by atoms with Crippen molar-refractivity contribution in [3.05, 3.63) is 64.6 Å². The summed E-state index contributed by atoms with van der Waals surface area (Å²) in [5.41, 5.74) is 2.18. The van der Waals surface area contributed by atoms with Crippen LogP contribution in [0.5, 0.6) is 0 Å². The first-order valence-electron chi connectivity index (χ1n) is 7.16. The molecule has 1 aromatic carbocycles. The van der Waals surface area contributed by atoms with Gasteiger partial charge in [-0.3, -0.25) is 19.1 Å². The van der Waals surface area contributed by atoms with E-state index in [0.717, 1.165) is 5.52 Å². The first kappa shape index (κ1) is 14.8. The van der Waals surface area contributed by atoms with E-state index in [1.54, 1.807) is 13.0 Å². The molecule has 116 valence electrons. The maximum atomic E-state index is 12.1. The van der Waals surface area contributed by atoms with Crippen molar-refractivity contribution in [1.82, 2.24) is 24.8 Å². The van der Waals surface area contributed by atoms with Crippen LogP contribution in [0.4, 0.5) is 0 Å². The molecule has 0 aliphatic rings. The van der Waals surface area contributed by atoms with Gasteiger partial charge in [0.15, 0.2) is 0 Å². The highest BCUT2D eigenvalue weighted by atomic mass is 16.2. The standard InChI is InChI=1S/C16H15N5O2/c1-11-8-15(22)21(10-19-11)7-6-17-16(23)14-9-18-12-4-2-3-5-13(12)20-14/h2-5,8-10H,6-7H2,1H3,(H,17,23). The molecule has 0 saturated carbocycles. The van der Waals surface area contributed by atoms with Crippen LogP contribution >= 0.6 is 0 Å². The second-order valence-electron chi connectivity index (χ2n) is 5.06. The number of hydrogen-bond acceptors (Lipinski definition) is 5. The first-order chi connectivity index (χ1) is 11.1. The molecule has 1 amide bonds. The summed E-state index contributed by atoms with van der Waals surface area (Å²) in [6.07, 6.45) is 2.91. The number of rotatable bonds is 4. The summed E-state index contributed by atoms with van der Waals surface area (Å²) >= 11 is 0. The Labute approximate surface area is 132 Å². The van der Waals surface area contributed by atoms with Gasteiger partial charge < -0.3 is 5.32 Å². The number of nitrogens with one attached hydrogen (secondary N) is 1. The van der Waals surface area contributed by atoms with Crippen molar-refractivity contribution in [2.45, 2.75) is 13.5 Å². The maximum absolute atomic E-state index is 12.1. The van der Waals surface area contributed by atoms with Crippen LogP contribution in [-0.2, 0) is 6.54 Å². The fraction of sp³-hybridized carbons (Fsp3) is 0.188. The van der Waals surface area contributed by atoms with Crippen LogP contribution < -0.4 is 10.9 Å². The third kappa shape index (κ3) is 3.39. The average molecular weight is 309 g/mol. The monoisotopic (exact) mass is 309 g/mol. The molecule has 3 rings (SSSR count). The normalized spacial score (nSPS) is 10.7. The number of aryl methyl sites for hydroxylation is 1. The maximum Gasteiger partial charge on any atom is 0.271 e. The van der Waals surface area contributed by atoms with Gasteiger partial charge in [-0.05, 0) is 19.1 Å². The van der Waals surface area contributed by atoms with E-state index in [1.165, 1.54) is 23.2 Å². The predicted molar refractivity (Wildman–Crippen MR) is 85.1 cm³/mol. The quantitative estimate of drug-likeness (QED) is 0.774. The highest BCUT2D eigenvalue weighted by molar-refractivity contribution is 5.93. The van der Waals surface area contributed by atoms with Crippen LogP contribution in [0.15, 0.2) is 47.7 Å². The largest absolute Gasteiger partial charge is 0.349 e. The van der Waals surface area contributed by atoms with Crippen molar-refractivity contribution in [1.29, 1.82) is 0 Å². The summed E-state index contributed by atoms with van der Waals surface area (Å²) in [7, 11) is 0. The molecular formula is C16H15N5O2. The van der Waals surface area contributed by atoms with Crippen LogP contribution in [0.2, 0.25) is 0 Å². The number of carbonyl (C=O) groups is 1. The second-order valence-corrected chi connectivity index (χ2v) is 5.06. The third-order valence-electron chi connectivity index (χ3n) is 3.34. The molecular weight excluding hydrogens is 294 g/mol. The molecule has 1 N–H and O–H groups in total. The Hall–Kier alpha value is -3.09. The van der Waals surface area contributed by atoms with E-state index in [2.05, 4.69) is 20.3 Å². The van der Waals surface area contributed by atoms with E-state index in [-0.39, 0.29) is 17.2 Å². The van der Waals surface area contributed by atoms with Crippen molar-refractivity contribution in [2.24, 2.45) is 0 Å². The van der Waals surface area contributed by atoms with Crippen LogP contribution in [0.3, 0.4) is 0 Å². The number of para-hydroxylation sites is 2. The summed E-state index contributed by atoms with van der Waals surface area (Å²) in [5.74, 6) is -0.323. The van der Waals surface area contributed by atoms with Crippen molar-refractivity contribution in [3.63, 3.8) is 0 Å². The first-order valence-corrected chi connectivity index (χ1v) is 7.16. The molecule has 2 heterocycles. The summed E-state index contributed by atoms with van der Waals surface area (Å²) in [4.78, 5) is 36.4. The molecule has 23 heavy (non-hydrogen) atoms. The molecule has 0 atom stereocenters.